The molecule has 1 aromatic carbocycles. The molecular weight excluding hydrogens is 353 g/mol. The van der Waals surface area contributed by atoms with Crippen molar-refractivity contribution in [2.75, 3.05) is 13.1 Å². The minimum Gasteiger partial charge on any atom is -0.444 e. The summed E-state index contributed by atoms with van der Waals surface area (Å²) < 4.78 is 18.1. The van der Waals surface area contributed by atoms with Crippen molar-refractivity contribution < 1.29 is 18.8 Å². The summed E-state index contributed by atoms with van der Waals surface area (Å²) in [5.41, 5.74) is 1.20. The number of hydrogen-bond acceptors (Lipinski definition) is 4. The molecule has 6 heteroatoms. The number of hydrogen-bond donors (Lipinski definition) is 0. The Kier molecular flexibility index (Phi) is 5.58. The first kappa shape index (κ1) is 21.2. The fraction of sp³-hybridized carbons (Fsp3) is 0.682. The minimum absolute atomic E-state index is 0.217. The summed E-state index contributed by atoms with van der Waals surface area (Å²) in [4.78, 5) is 14.2. The first-order chi connectivity index (χ1) is 12.9. The number of nitrogens with zero attached hydrogens (tertiary/aromatic N) is 1. The Morgan fingerprint density at radius 2 is 1.61 bits per heavy atom. The molecule has 0 saturated carbocycles. The van der Waals surface area contributed by atoms with E-state index in [0.717, 1.165) is 18.3 Å². The number of amides is 1. The van der Waals surface area contributed by atoms with Gasteiger partial charge < -0.3 is 18.9 Å². The van der Waals surface area contributed by atoms with Crippen LogP contribution < -0.4 is 5.46 Å². The average Bonchev–Trinajstić information content (AvgIpc) is 2.81. The van der Waals surface area contributed by atoms with Gasteiger partial charge in [-0.25, -0.2) is 4.79 Å². The standard InChI is InChI=1S/C22H34BNO4/c1-20(2,3)26-19(25)24-14-12-16(13-15-24)17-10-8-9-11-18(17)23-27-21(4,5)22(6,7)28-23/h8-11,16H,12-15H2,1-7H3. The van der Waals surface area contributed by atoms with Crippen LogP contribution in [0.15, 0.2) is 24.3 Å². The topological polar surface area (TPSA) is 48.0 Å². The largest absolute Gasteiger partial charge is 0.495 e. The van der Waals surface area contributed by atoms with E-state index in [2.05, 4.69) is 45.9 Å². The van der Waals surface area contributed by atoms with Crippen LogP contribution in [0.5, 0.6) is 0 Å². The molecule has 0 spiro atoms. The summed E-state index contributed by atoms with van der Waals surface area (Å²) in [6.07, 6.45) is 1.61. The van der Waals surface area contributed by atoms with E-state index < -0.39 is 5.60 Å². The highest BCUT2D eigenvalue weighted by Gasteiger charge is 2.52. The van der Waals surface area contributed by atoms with Gasteiger partial charge in [-0.2, -0.15) is 0 Å². The van der Waals surface area contributed by atoms with Crippen molar-refractivity contribution in [1.82, 2.24) is 4.90 Å². The van der Waals surface area contributed by atoms with E-state index in [-0.39, 0.29) is 24.4 Å². The Hall–Kier alpha value is -1.53. The highest BCUT2D eigenvalue weighted by atomic mass is 16.7. The quantitative estimate of drug-likeness (QED) is 0.717. The second-order valence-corrected chi connectivity index (χ2v) is 9.96. The smallest absolute Gasteiger partial charge is 0.444 e. The van der Waals surface area contributed by atoms with Gasteiger partial charge in [0.05, 0.1) is 11.2 Å². The Morgan fingerprint density at radius 1 is 1.07 bits per heavy atom. The average molecular weight is 387 g/mol. The van der Waals surface area contributed by atoms with Crippen molar-refractivity contribution in [3.63, 3.8) is 0 Å². The lowest BCUT2D eigenvalue weighted by atomic mass is 9.71. The van der Waals surface area contributed by atoms with Gasteiger partial charge >= 0.3 is 13.2 Å². The molecule has 2 saturated heterocycles. The van der Waals surface area contributed by atoms with Crippen LogP contribution in [0.4, 0.5) is 4.79 Å². The highest BCUT2D eigenvalue weighted by molar-refractivity contribution is 6.62. The number of ether oxygens (including phenoxy) is 1. The zero-order chi connectivity index (χ0) is 20.7. The van der Waals surface area contributed by atoms with Crippen LogP contribution in [-0.4, -0.2) is 48.0 Å². The van der Waals surface area contributed by atoms with Crippen LogP contribution in [0.1, 0.15) is 72.8 Å². The van der Waals surface area contributed by atoms with Crippen molar-refractivity contribution in [2.24, 2.45) is 0 Å². The monoisotopic (exact) mass is 387 g/mol. The maximum Gasteiger partial charge on any atom is 0.495 e. The maximum absolute atomic E-state index is 12.3. The summed E-state index contributed by atoms with van der Waals surface area (Å²) in [5, 5.41) is 0. The third-order valence-electron chi connectivity index (χ3n) is 6.09. The predicted octanol–water partition coefficient (Wildman–Crippen LogP) is 4.10. The molecular formula is C22H34BNO4. The zero-order valence-corrected chi connectivity index (χ0v) is 18.4. The number of piperidine rings is 1. The van der Waals surface area contributed by atoms with E-state index in [0.29, 0.717) is 19.0 Å². The lowest BCUT2D eigenvalue weighted by Gasteiger charge is -2.34. The lowest BCUT2D eigenvalue weighted by Crippen LogP contribution is -2.43. The zero-order valence-electron chi connectivity index (χ0n) is 18.4. The predicted molar refractivity (Wildman–Crippen MR) is 112 cm³/mol. The first-order valence-corrected chi connectivity index (χ1v) is 10.3. The molecule has 2 aliphatic heterocycles. The normalized spacial score (nSPS) is 22.4. The van der Waals surface area contributed by atoms with Crippen LogP contribution in [0.2, 0.25) is 0 Å². The van der Waals surface area contributed by atoms with E-state index >= 15 is 0 Å². The second-order valence-electron chi connectivity index (χ2n) is 9.96. The number of carbonyl (C=O) groups excluding carboxylic acids is 1. The molecule has 2 aliphatic rings. The Balaban J connectivity index is 1.71. The molecule has 0 N–H and O–H groups in total. The maximum atomic E-state index is 12.3. The summed E-state index contributed by atoms with van der Waals surface area (Å²) in [6.45, 7) is 15.4. The number of rotatable bonds is 2. The Labute approximate surface area is 169 Å². The summed E-state index contributed by atoms with van der Waals surface area (Å²) in [5.74, 6) is 0.383. The van der Waals surface area contributed by atoms with Gasteiger partial charge in [0, 0.05) is 13.1 Å². The number of likely N-dealkylation sites (tertiary alicyclic amines) is 1. The van der Waals surface area contributed by atoms with Gasteiger partial charge in [0.15, 0.2) is 0 Å². The molecule has 1 amide bonds. The molecule has 3 rings (SSSR count). The van der Waals surface area contributed by atoms with Crippen LogP contribution in [0.3, 0.4) is 0 Å². The fourth-order valence-corrected chi connectivity index (χ4v) is 3.77. The van der Waals surface area contributed by atoms with Crippen LogP contribution in [0.25, 0.3) is 0 Å². The summed E-state index contributed by atoms with van der Waals surface area (Å²) >= 11 is 0. The van der Waals surface area contributed by atoms with E-state index in [1.807, 2.05) is 31.7 Å². The van der Waals surface area contributed by atoms with Gasteiger partial charge in [-0.15, -0.1) is 0 Å². The Morgan fingerprint density at radius 3 is 2.14 bits per heavy atom. The molecule has 0 aromatic heterocycles. The minimum atomic E-state index is -0.461. The van der Waals surface area contributed by atoms with Crippen molar-refractivity contribution >= 4 is 18.7 Å². The SMILES string of the molecule is CC(C)(C)OC(=O)N1CCC(c2ccccc2B2OC(C)(C)C(C)(C)O2)CC1. The number of carbonyl (C=O) groups is 1. The van der Waals surface area contributed by atoms with E-state index in [1.54, 1.807) is 0 Å². The number of benzene rings is 1. The molecule has 0 radical (unpaired) electrons. The molecule has 0 atom stereocenters. The molecule has 2 heterocycles. The van der Waals surface area contributed by atoms with Gasteiger partial charge in [-0.3, -0.25) is 0 Å². The first-order valence-electron chi connectivity index (χ1n) is 10.3. The van der Waals surface area contributed by atoms with Gasteiger partial charge in [0.2, 0.25) is 0 Å². The molecule has 1 aromatic rings. The summed E-state index contributed by atoms with van der Waals surface area (Å²) in [7, 11) is -0.356. The highest BCUT2D eigenvalue weighted by Crippen LogP contribution is 2.37. The third kappa shape index (κ3) is 4.38. The van der Waals surface area contributed by atoms with Crippen LogP contribution >= 0.6 is 0 Å². The molecule has 28 heavy (non-hydrogen) atoms. The van der Waals surface area contributed by atoms with Gasteiger partial charge in [-0.05, 0) is 78.3 Å². The molecule has 0 unspecified atom stereocenters. The van der Waals surface area contributed by atoms with E-state index in [9.17, 15) is 4.79 Å². The third-order valence-corrected chi connectivity index (χ3v) is 6.09. The molecule has 5 nitrogen and oxygen atoms in total. The Bertz CT molecular complexity index is 701. The van der Waals surface area contributed by atoms with E-state index in [4.69, 9.17) is 14.0 Å². The van der Waals surface area contributed by atoms with Gasteiger partial charge in [0.25, 0.3) is 0 Å². The van der Waals surface area contributed by atoms with Gasteiger partial charge in [0.1, 0.15) is 5.60 Å². The molecule has 0 bridgehead atoms. The van der Waals surface area contributed by atoms with Crippen LogP contribution in [-0.2, 0) is 14.0 Å². The van der Waals surface area contributed by atoms with Gasteiger partial charge in [-0.1, -0.05) is 24.3 Å². The fourth-order valence-electron chi connectivity index (χ4n) is 3.77. The van der Waals surface area contributed by atoms with Crippen molar-refractivity contribution in [1.29, 1.82) is 0 Å². The molecule has 154 valence electrons. The molecule has 0 aliphatic carbocycles. The lowest BCUT2D eigenvalue weighted by molar-refractivity contribution is 0.00578. The second kappa shape index (κ2) is 7.38. The van der Waals surface area contributed by atoms with Crippen molar-refractivity contribution in [3.8, 4) is 0 Å². The van der Waals surface area contributed by atoms with Crippen LogP contribution in [0, 0.1) is 0 Å². The van der Waals surface area contributed by atoms with Crippen molar-refractivity contribution in [2.45, 2.75) is 84.0 Å². The summed E-state index contributed by atoms with van der Waals surface area (Å²) in [6, 6.07) is 8.40. The van der Waals surface area contributed by atoms with Crippen molar-refractivity contribution in [3.05, 3.63) is 29.8 Å². The molecule has 2 fully saturated rings. The van der Waals surface area contributed by atoms with E-state index in [1.165, 1.54) is 5.56 Å².